The Bertz CT molecular complexity index is 621. The zero-order chi connectivity index (χ0) is 15.5. The van der Waals surface area contributed by atoms with Crippen LogP contribution in [-0.4, -0.2) is 30.1 Å². The Morgan fingerprint density at radius 3 is 2.68 bits per heavy atom. The van der Waals surface area contributed by atoms with E-state index < -0.39 is 0 Å². The normalized spacial score (nSPS) is 38.1. The fraction of sp³-hybridized carbons (Fsp3) is 0.556. The molecule has 1 aromatic carbocycles. The van der Waals surface area contributed by atoms with Gasteiger partial charge in [0.1, 0.15) is 12.2 Å². The van der Waals surface area contributed by atoms with Crippen LogP contribution in [0.4, 0.5) is 0 Å². The molecule has 0 radical (unpaired) electrons. The molecule has 0 amide bonds. The van der Waals surface area contributed by atoms with Gasteiger partial charge in [-0.05, 0) is 36.3 Å². The predicted molar refractivity (Wildman–Crippen MR) is 79.3 cm³/mol. The molecule has 0 spiro atoms. The lowest BCUT2D eigenvalue weighted by Gasteiger charge is -2.48. The molecule has 1 aliphatic heterocycles. The molecule has 4 heteroatoms. The van der Waals surface area contributed by atoms with E-state index in [9.17, 15) is 9.59 Å². The van der Waals surface area contributed by atoms with Gasteiger partial charge in [-0.25, -0.2) is 4.79 Å². The summed E-state index contributed by atoms with van der Waals surface area (Å²) in [5, 5.41) is 0. The molecule has 3 aliphatic rings. The highest BCUT2D eigenvalue weighted by Gasteiger charge is 2.66. The number of fused-ring (bicyclic) bond motifs is 4. The maximum absolute atomic E-state index is 12.4. The number of hydrogen-bond acceptors (Lipinski definition) is 4. The van der Waals surface area contributed by atoms with Gasteiger partial charge in [0, 0.05) is 5.92 Å². The first-order valence-electron chi connectivity index (χ1n) is 7.93. The van der Waals surface area contributed by atoms with Crippen molar-refractivity contribution in [2.75, 3.05) is 0 Å². The first-order chi connectivity index (χ1) is 10.5. The van der Waals surface area contributed by atoms with Crippen molar-refractivity contribution in [2.45, 2.75) is 45.0 Å². The Morgan fingerprint density at radius 2 is 1.95 bits per heavy atom. The van der Waals surface area contributed by atoms with E-state index in [0.29, 0.717) is 17.9 Å². The number of Topliss-reactive ketones (excluding diaryl/α,β-unsaturated/α-hetero) is 1. The highest BCUT2D eigenvalue weighted by atomic mass is 16.6. The number of ketones is 1. The van der Waals surface area contributed by atoms with E-state index in [1.54, 1.807) is 12.1 Å². The van der Waals surface area contributed by atoms with Gasteiger partial charge < -0.3 is 9.47 Å². The van der Waals surface area contributed by atoms with Crippen molar-refractivity contribution in [3.8, 4) is 0 Å². The summed E-state index contributed by atoms with van der Waals surface area (Å²) in [4.78, 5) is 24.7. The highest BCUT2D eigenvalue weighted by molar-refractivity contribution is 5.91. The molecule has 22 heavy (non-hydrogen) atoms. The van der Waals surface area contributed by atoms with Crippen molar-refractivity contribution in [3.05, 3.63) is 35.9 Å². The first-order valence-corrected chi connectivity index (χ1v) is 7.93. The minimum absolute atomic E-state index is 0.0389. The molecule has 0 aromatic heterocycles. The Balaban J connectivity index is 1.52. The lowest BCUT2D eigenvalue weighted by atomic mass is 9.55. The summed E-state index contributed by atoms with van der Waals surface area (Å²) in [7, 11) is 0. The summed E-state index contributed by atoms with van der Waals surface area (Å²) in [5.41, 5.74) is 0.495. The summed E-state index contributed by atoms with van der Waals surface area (Å²) in [6.07, 6.45) is 1.07. The third-order valence-electron chi connectivity index (χ3n) is 5.70. The van der Waals surface area contributed by atoms with Crippen LogP contribution in [-0.2, 0) is 14.3 Å². The maximum Gasteiger partial charge on any atom is 0.338 e. The molecule has 0 N–H and O–H groups in total. The van der Waals surface area contributed by atoms with Crippen molar-refractivity contribution in [2.24, 2.45) is 17.3 Å². The summed E-state index contributed by atoms with van der Waals surface area (Å²) in [6.45, 7) is 4.29. The van der Waals surface area contributed by atoms with Gasteiger partial charge in [0.15, 0.2) is 5.78 Å². The molecule has 4 rings (SSSR count). The molecule has 1 aromatic rings. The molecule has 3 fully saturated rings. The van der Waals surface area contributed by atoms with Crippen LogP contribution in [0.3, 0.4) is 0 Å². The van der Waals surface area contributed by atoms with Crippen LogP contribution < -0.4 is 0 Å². The number of rotatable bonds is 2. The van der Waals surface area contributed by atoms with E-state index in [-0.39, 0.29) is 41.4 Å². The minimum Gasteiger partial charge on any atom is -0.459 e. The summed E-state index contributed by atoms with van der Waals surface area (Å²) in [6, 6.07) is 9.01. The molecule has 4 nitrogen and oxygen atoms in total. The standard InChI is InChI=1S/C18H20O4/c1-18(2)12-8-11(9-13(18)15-16(22-15)14(12)19)21-17(20)10-6-4-3-5-7-10/h3-7,11-13,15-16H,8-9H2,1-2H3/t11?,12?,13?,15-,16+/m0/s1. The number of epoxide rings is 1. The van der Waals surface area contributed by atoms with E-state index in [1.807, 2.05) is 18.2 Å². The molecule has 3 unspecified atom stereocenters. The topological polar surface area (TPSA) is 55.9 Å². The van der Waals surface area contributed by atoms with Gasteiger partial charge in [-0.1, -0.05) is 32.0 Å². The molecule has 116 valence electrons. The van der Waals surface area contributed by atoms with E-state index in [0.717, 1.165) is 6.42 Å². The third kappa shape index (κ3) is 2.01. The van der Waals surface area contributed by atoms with Gasteiger partial charge in [-0.2, -0.15) is 0 Å². The molecule has 2 bridgehead atoms. The SMILES string of the molecule is CC1(C)C2CC(OC(=O)c3ccccc3)CC1[C@@H]1O[C@@H]1C2=O. The molecule has 2 aliphatic carbocycles. The van der Waals surface area contributed by atoms with Crippen molar-refractivity contribution in [1.82, 2.24) is 0 Å². The van der Waals surface area contributed by atoms with E-state index in [4.69, 9.17) is 9.47 Å². The zero-order valence-corrected chi connectivity index (χ0v) is 12.8. The molecular weight excluding hydrogens is 280 g/mol. The van der Waals surface area contributed by atoms with Gasteiger partial charge in [0.2, 0.25) is 0 Å². The van der Waals surface area contributed by atoms with Crippen LogP contribution in [0.25, 0.3) is 0 Å². The van der Waals surface area contributed by atoms with Crippen LogP contribution in [0.5, 0.6) is 0 Å². The number of benzene rings is 1. The summed E-state index contributed by atoms with van der Waals surface area (Å²) in [5.74, 6) is 0.127. The number of esters is 1. The number of ether oxygens (including phenoxy) is 2. The van der Waals surface area contributed by atoms with Crippen LogP contribution in [0.2, 0.25) is 0 Å². The second-order valence-electron chi connectivity index (χ2n) is 7.27. The monoisotopic (exact) mass is 300 g/mol. The van der Waals surface area contributed by atoms with E-state index in [2.05, 4.69) is 13.8 Å². The average Bonchev–Trinajstić information content (AvgIpc) is 3.27. The quantitative estimate of drug-likeness (QED) is 0.622. The first kappa shape index (κ1) is 13.9. The van der Waals surface area contributed by atoms with Gasteiger partial charge in [-0.15, -0.1) is 0 Å². The van der Waals surface area contributed by atoms with Crippen molar-refractivity contribution < 1.29 is 19.1 Å². The lowest BCUT2D eigenvalue weighted by Crippen LogP contribution is -2.53. The molecule has 5 atom stereocenters. The number of hydrogen-bond donors (Lipinski definition) is 0. The van der Waals surface area contributed by atoms with Gasteiger partial charge in [-0.3, -0.25) is 4.79 Å². The number of carbonyl (C=O) groups excluding carboxylic acids is 2. The zero-order valence-electron chi connectivity index (χ0n) is 12.8. The summed E-state index contributed by atoms with van der Waals surface area (Å²) < 4.78 is 11.3. The van der Waals surface area contributed by atoms with Crippen molar-refractivity contribution >= 4 is 11.8 Å². The van der Waals surface area contributed by atoms with Gasteiger partial charge in [0.05, 0.1) is 11.7 Å². The average molecular weight is 300 g/mol. The van der Waals surface area contributed by atoms with E-state index >= 15 is 0 Å². The van der Waals surface area contributed by atoms with Crippen molar-refractivity contribution in [1.29, 1.82) is 0 Å². The highest BCUT2D eigenvalue weighted by Crippen LogP contribution is 2.58. The Morgan fingerprint density at radius 1 is 1.23 bits per heavy atom. The van der Waals surface area contributed by atoms with Gasteiger partial charge >= 0.3 is 5.97 Å². The largest absolute Gasteiger partial charge is 0.459 e. The van der Waals surface area contributed by atoms with Crippen LogP contribution in [0, 0.1) is 17.3 Å². The maximum atomic E-state index is 12.4. The molecular formula is C18H20O4. The second-order valence-corrected chi connectivity index (χ2v) is 7.27. The van der Waals surface area contributed by atoms with Crippen LogP contribution in [0.15, 0.2) is 30.3 Å². The lowest BCUT2D eigenvalue weighted by molar-refractivity contribution is -0.138. The Hall–Kier alpha value is -1.68. The smallest absolute Gasteiger partial charge is 0.338 e. The van der Waals surface area contributed by atoms with Gasteiger partial charge in [0.25, 0.3) is 0 Å². The number of carbonyl (C=O) groups is 2. The van der Waals surface area contributed by atoms with Crippen LogP contribution >= 0.6 is 0 Å². The Kier molecular flexibility index (Phi) is 2.95. The molecule has 1 heterocycles. The van der Waals surface area contributed by atoms with Crippen molar-refractivity contribution in [3.63, 3.8) is 0 Å². The van der Waals surface area contributed by atoms with E-state index in [1.165, 1.54) is 0 Å². The third-order valence-corrected chi connectivity index (χ3v) is 5.70. The Labute approximate surface area is 129 Å². The minimum atomic E-state index is -0.302. The van der Waals surface area contributed by atoms with Crippen LogP contribution in [0.1, 0.15) is 37.0 Å². The molecule has 2 saturated carbocycles. The molecule has 1 saturated heterocycles. The summed E-state index contributed by atoms with van der Waals surface area (Å²) >= 11 is 0. The second kappa shape index (κ2) is 4.66. The predicted octanol–water partition coefficient (Wildman–Crippen LogP) is 2.61. The fourth-order valence-electron chi connectivity index (χ4n) is 4.30. The fourth-order valence-corrected chi connectivity index (χ4v) is 4.30.